The predicted molar refractivity (Wildman–Crippen MR) is 101 cm³/mol. The van der Waals surface area contributed by atoms with Crippen molar-refractivity contribution in [1.82, 2.24) is 15.6 Å². The van der Waals surface area contributed by atoms with E-state index in [0.29, 0.717) is 5.15 Å². The highest BCUT2D eigenvalue weighted by Crippen LogP contribution is 2.26. The smallest absolute Gasteiger partial charge is 0.191 e. The van der Waals surface area contributed by atoms with E-state index in [9.17, 15) is 0 Å². The van der Waals surface area contributed by atoms with E-state index in [2.05, 4.69) is 34.5 Å². The molecule has 7 heteroatoms. The lowest BCUT2D eigenvalue weighted by atomic mass is 9.89. The van der Waals surface area contributed by atoms with E-state index in [1.54, 1.807) is 6.20 Å². The lowest BCUT2D eigenvalue weighted by Crippen LogP contribution is -2.44. The van der Waals surface area contributed by atoms with Crippen LogP contribution in [0.15, 0.2) is 23.3 Å². The van der Waals surface area contributed by atoms with E-state index in [4.69, 9.17) is 16.3 Å². The van der Waals surface area contributed by atoms with Crippen LogP contribution >= 0.6 is 35.6 Å². The number of nitrogens with zero attached hydrogens (tertiary/aromatic N) is 2. The Kier molecular flexibility index (Phi) is 8.41. The van der Waals surface area contributed by atoms with Crippen molar-refractivity contribution in [3.8, 4) is 0 Å². The largest absolute Gasteiger partial charge is 0.380 e. The molecule has 0 bridgehead atoms. The Balaban J connectivity index is 0.00000242. The molecule has 0 aliphatic carbocycles. The molecule has 2 heterocycles. The Morgan fingerprint density at radius 3 is 2.73 bits per heavy atom. The van der Waals surface area contributed by atoms with Gasteiger partial charge < -0.3 is 15.4 Å². The topological polar surface area (TPSA) is 58.5 Å². The lowest BCUT2D eigenvalue weighted by molar-refractivity contribution is -0.0945. The molecule has 2 rings (SSSR count). The Bertz CT molecular complexity index is 477. The fraction of sp³-hybridized carbons (Fsp3) is 0.600. The van der Waals surface area contributed by atoms with Crippen molar-refractivity contribution in [3.63, 3.8) is 0 Å². The van der Waals surface area contributed by atoms with E-state index in [0.717, 1.165) is 50.8 Å². The zero-order valence-electron chi connectivity index (χ0n) is 13.1. The molecule has 0 aromatic carbocycles. The molecule has 0 spiro atoms. The van der Waals surface area contributed by atoms with Gasteiger partial charge >= 0.3 is 0 Å². The van der Waals surface area contributed by atoms with Crippen LogP contribution in [0.5, 0.6) is 0 Å². The molecule has 0 unspecified atom stereocenters. The van der Waals surface area contributed by atoms with Crippen molar-refractivity contribution in [1.29, 1.82) is 0 Å². The fourth-order valence-electron chi connectivity index (χ4n) is 2.03. The molecule has 22 heavy (non-hydrogen) atoms. The molecule has 0 amide bonds. The third-order valence-corrected chi connectivity index (χ3v) is 3.58. The van der Waals surface area contributed by atoms with Gasteiger partial charge in [0.05, 0.1) is 19.8 Å². The third kappa shape index (κ3) is 6.26. The van der Waals surface area contributed by atoms with Crippen molar-refractivity contribution in [2.75, 3.05) is 32.8 Å². The maximum Gasteiger partial charge on any atom is 0.191 e. The van der Waals surface area contributed by atoms with Crippen molar-refractivity contribution in [2.45, 2.75) is 20.3 Å². The molecule has 0 saturated carbocycles. The van der Waals surface area contributed by atoms with Gasteiger partial charge in [-0.3, -0.25) is 4.99 Å². The monoisotopic (exact) mass is 438 g/mol. The summed E-state index contributed by atoms with van der Waals surface area (Å²) in [7, 11) is 0. The zero-order chi connectivity index (χ0) is 15.1. The van der Waals surface area contributed by atoms with Gasteiger partial charge in [-0.05, 0) is 25.0 Å². The highest BCUT2D eigenvalue weighted by atomic mass is 127. The molecule has 1 aromatic rings. The predicted octanol–water partition coefficient (Wildman–Crippen LogP) is 2.49. The van der Waals surface area contributed by atoms with Crippen LogP contribution in [-0.2, 0) is 11.2 Å². The number of nitrogens with one attached hydrogen (secondary N) is 2. The second-order valence-corrected chi connectivity index (χ2v) is 6.05. The summed E-state index contributed by atoms with van der Waals surface area (Å²) in [6, 6.07) is 3.81. The van der Waals surface area contributed by atoms with Crippen LogP contribution in [0.2, 0.25) is 5.15 Å². The first-order valence-electron chi connectivity index (χ1n) is 7.32. The number of rotatable bonds is 6. The fourth-order valence-corrected chi connectivity index (χ4v) is 2.14. The van der Waals surface area contributed by atoms with Gasteiger partial charge in [-0.15, -0.1) is 24.0 Å². The number of ether oxygens (including phenoxy) is 1. The molecule has 0 radical (unpaired) electrons. The average Bonchev–Trinajstić information content (AvgIpc) is 2.45. The SMILES string of the molecule is CCNC(=NCC1(C)COC1)NCCc1ccc(Cl)nc1.I. The van der Waals surface area contributed by atoms with Crippen LogP contribution in [-0.4, -0.2) is 43.8 Å². The molecule has 124 valence electrons. The summed E-state index contributed by atoms with van der Waals surface area (Å²) >= 11 is 5.77. The summed E-state index contributed by atoms with van der Waals surface area (Å²) in [4.78, 5) is 8.71. The maximum absolute atomic E-state index is 5.77. The molecular weight excluding hydrogens is 415 g/mol. The maximum atomic E-state index is 5.77. The van der Waals surface area contributed by atoms with Crippen LogP contribution in [0.25, 0.3) is 0 Å². The number of pyridine rings is 1. The van der Waals surface area contributed by atoms with E-state index in [1.807, 2.05) is 12.1 Å². The van der Waals surface area contributed by atoms with Crippen molar-refractivity contribution < 1.29 is 4.74 Å². The normalized spacial score (nSPS) is 16.4. The number of hydrogen-bond acceptors (Lipinski definition) is 3. The molecule has 2 N–H and O–H groups in total. The Labute approximate surface area is 154 Å². The zero-order valence-corrected chi connectivity index (χ0v) is 16.1. The molecular formula is C15H24ClIN4O. The summed E-state index contributed by atoms with van der Waals surface area (Å²) in [5.41, 5.74) is 1.35. The first-order valence-corrected chi connectivity index (χ1v) is 7.69. The third-order valence-electron chi connectivity index (χ3n) is 3.36. The minimum Gasteiger partial charge on any atom is -0.380 e. The Morgan fingerprint density at radius 1 is 1.41 bits per heavy atom. The van der Waals surface area contributed by atoms with E-state index < -0.39 is 0 Å². The Morgan fingerprint density at radius 2 is 2.18 bits per heavy atom. The van der Waals surface area contributed by atoms with Crippen LogP contribution in [0, 0.1) is 5.41 Å². The number of aliphatic imine (C=N–C) groups is 1. The summed E-state index contributed by atoms with van der Waals surface area (Å²) in [5, 5.41) is 7.13. The van der Waals surface area contributed by atoms with Gasteiger partial charge in [0, 0.05) is 24.7 Å². The average molecular weight is 439 g/mol. The molecule has 1 aliphatic heterocycles. The highest BCUT2D eigenvalue weighted by molar-refractivity contribution is 14.0. The summed E-state index contributed by atoms with van der Waals surface area (Å²) in [6.45, 7) is 8.30. The molecule has 5 nitrogen and oxygen atoms in total. The molecule has 1 saturated heterocycles. The molecule has 0 atom stereocenters. The van der Waals surface area contributed by atoms with Gasteiger partial charge in [-0.25, -0.2) is 4.98 Å². The van der Waals surface area contributed by atoms with Gasteiger partial charge in [0.25, 0.3) is 0 Å². The Hall–Kier alpha value is -0.600. The first kappa shape index (κ1) is 19.4. The summed E-state index contributed by atoms with van der Waals surface area (Å²) < 4.78 is 5.25. The van der Waals surface area contributed by atoms with Gasteiger partial charge in [0.2, 0.25) is 0 Å². The summed E-state index contributed by atoms with van der Waals surface area (Å²) in [5.74, 6) is 0.854. The van der Waals surface area contributed by atoms with Crippen molar-refractivity contribution in [3.05, 3.63) is 29.0 Å². The van der Waals surface area contributed by atoms with Gasteiger partial charge in [-0.2, -0.15) is 0 Å². The quantitative estimate of drug-likeness (QED) is 0.310. The second kappa shape index (κ2) is 9.52. The van der Waals surface area contributed by atoms with Crippen LogP contribution in [0.3, 0.4) is 0 Å². The minimum atomic E-state index is 0. The number of halogens is 2. The summed E-state index contributed by atoms with van der Waals surface area (Å²) in [6.07, 6.45) is 2.69. The standard InChI is InChI=1S/C15H23ClN4O.HI/c1-3-17-14(20-9-15(2)10-21-11-15)18-7-6-12-4-5-13(16)19-8-12;/h4-5,8H,3,6-7,9-11H2,1-2H3,(H2,17,18,20);1H. The minimum absolute atomic E-state index is 0. The number of guanidine groups is 1. The molecule has 1 aromatic heterocycles. The van der Waals surface area contributed by atoms with E-state index >= 15 is 0 Å². The van der Waals surface area contributed by atoms with E-state index in [1.165, 1.54) is 0 Å². The van der Waals surface area contributed by atoms with Crippen molar-refractivity contribution >= 4 is 41.5 Å². The number of aromatic nitrogens is 1. The van der Waals surface area contributed by atoms with Crippen LogP contribution < -0.4 is 10.6 Å². The van der Waals surface area contributed by atoms with Crippen molar-refractivity contribution in [2.24, 2.45) is 10.4 Å². The number of hydrogen-bond donors (Lipinski definition) is 2. The van der Waals surface area contributed by atoms with Gasteiger partial charge in [-0.1, -0.05) is 24.6 Å². The van der Waals surface area contributed by atoms with Gasteiger partial charge in [0.1, 0.15) is 5.15 Å². The van der Waals surface area contributed by atoms with Crippen LogP contribution in [0.1, 0.15) is 19.4 Å². The lowest BCUT2D eigenvalue weighted by Gasteiger charge is -2.36. The first-order chi connectivity index (χ1) is 10.1. The second-order valence-electron chi connectivity index (χ2n) is 5.66. The highest BCUT2D eigenvalue weighted by Gasteiger charge is 2.33. The molecule has 1 fully saturated rings. The molecule has 1 aliphatic rings. The van der Waals surface area contributed by atoms with E-state index in [-0.39, 0.29) is 29.4 Å². The van der Waals surface area contributed by atoms with Crippen LogP contribution in [0.4, 0.5) is 0 Å². The van der Waals surface area contributed by atoms with Gasteiger partial charge in [0.15, 0.2) is 5.96 Å².